The van der Waals surface area contributed by atoms with Crippen LogP contribution < -0.4 is 0 Å². The number of aliphatic hydroxyl groups is 1. The van der Waals surface area contributed by atoms with E-state index in [1.165, 1.54) is 0 Å². The van der Waals surface area contributed by atoms with Gasteiger partial charge in [0.1, 0.15) is 23.2 Å². The van der Waals surface area contributed by atoms with E-state index < -0.39 is 23.2 Å². The van der Waals surface area contributed by atoms with Crippen LogP contribution in [0.4, 0.5) is 0 Å². The fourth-order valence-corrected chi connectivity index (χ4v) is 5.57. The molecule has 2 fully saturated rings. The molecule has 0 bridgehead atoms. The summed E-state index contributed by atoms with van der Waals surface area (Å²) in [6, 6.07) is 1.78. The summed E-state index contributed by atoms with van der Waals surface area (Å²) in [6.45, 7) is 1.95. The Bertz CT molecular complexity index is 793. The molecule has 1 N–H and O–H groups in total. The van der Waals surface area contributed by atoms with Crippen molar-refractivity contribution in [2.75, 3.05) is 0 Å². The highest BCUT2D eigenvalue weighted by molar-refractivity contribution is 5.94. The maximum atomic E-state index is 13.1. The van der Waals surface area contributed by atoms with Crippen LogP contribution in [0, 0.1) is 11.3 Å². The zero-order valence-corrected chi connectivity index (χ0v) is 14.0. The lowest BCUT2D eigenvalue weighted by atomic mass is 9.51. The standard InChI is InChI=1S/C19H20O6/c1-10-7-13-15-12(16(20)24-13)3-2-5-19(15,22)18(10)8-14(25-17(18)21)11-4-6-23-9-11/h4,6,9-10,13-14,22H,2-3,5,7-8H2,1H3. The van der Waals surface area contributed by atoms with E-state index in [0.29, 0.717) is 43.3 Å². The van der Waals surface area contributed by atoms with E-state index in [0.717, 1.165) is 5.56 Å². The molecule has 1 saturated carbocycles. The summed E-state index contributed by atoms with van der Waals surface area (Å²) in [5, 5.41) is 11.8. The van der Waals surface area contributed by atoms with Crippen molar-refractivity contribution in [3.63, 3.8) is 0 Å². The number of esters is 2. The highest BCUT2D eigenvalue weighted by Gasteiger charge is 2.71. The van der Waals surface area contributed by atoms with Crippen LogP contribution in [0.15, 0.2) is 34.2 Å². The molecule has 25 heavy (non-hydrogen) atoms. The Morgan fingerprint density at radius 3 is 2.84 bits per heavy atom. The summed E-state index contributed by atoms with van der Waals surface area (Å²) < 4.78 is 16.3. The van der Waals surface area contributed by atoms with E-state index in [4.69, 9.17) is 13.9 Å². The summed E-state index contributed by atoms with van der Waals surface area (Å²) in [7, 11) is 0. The minimum Gasteiger partial charge on any atom is -0.472 e. The number of cyclic esters (lactones) is 1. The molecular weight excluding hydrogens is 324 g/mol. The van der Waals surface area contributed by atoms with Gasteiger partial charge in [-0.3, -0.25) is 4.79 Å². The van der Waals surface area contributed by atoms with Crippen LogP contribution in [0.3, 0.4) is 0 Å². The van der Waals surface area contributed by atoms with Crippen LogP contribution >= 0.6 is 0 Å². The molecule has 1 spiro atoms. The van der Waals surface area contributed by atoms with E-state index >= 15 is 0 Å². The number of rotatable bonds is 1. The van der Waals surface area contributed by atoms with Crippen molar-refractivity contribution in [1.82, 2.24) is 0 Å². The fraction of sp³-hybridized carbons (Fsp3) is 0.579. The summed E-state index contributed by atoms with van der Waals surface area (Å²) in [5.74, 6) is -0.860. The van der Waals surface area contributed by atoms with Crippen molar-refractivity contribution < 1.29 is 28.6 Å². The monoisotopic (exact) mass is 344 g/mol. The summed E-state index contributed by atoms with van der Waals surface area (Å²) in [6.07, 6.45) is 4.94. The Kier molecular flexibility index (Phi) is 2.89. The maximum Gasteiger partial charge on any atom is 0.334 e. The zero-order chi connectivity index (χ0) is 17.4. The van der Waals surface area contributed by atoms with Crippen LogP contribution in [-0.2, 0) is 19.1 Å². The minimum absolute atomic E-state index is 0.152. The van der Waals surface area contributed by atoms with Crippen molar-refractivity contribution in [2.24, 2.45) is 11.3 Å². The number of carbonyl (C=O) groups excluding carboxylic acids is 2. The van der Waals surface area contributed by atoms with E-state index in [1.807, 2.05) is 6.92 Å². The lowest BCUT2D eigenvalue weighted by Crippen LogP contribution is -2.62. The molecule has 1 saturated heterocycles. The Balaban J connectivity index is 1.65. The summed E-state index contributed by atoms with van der Waals surface area (Å²) >= 11 is 0. The second-order valence-corrected chi connectivity index (χ2v) is 7.76. The largest absolute Gasteiger partial charge is 0.472 e. The number of furan rings is 1. The van der Waals surface area contributed by atoms with Crippen LogP contribution in [0.1, 0.15) is 50.7 Å². The molecule has 132 valence electrons. The molecule has 5 rings (SSSR count). The van der Waals surface area contributed by atoms with Crippen LogP contribution in [0.25, 0.3) is 0 Å². The van der Waals surface area contributed by atoms with Gasteiger partial charge in [-0.05, 0) is 37.7 Å². The Morgan fingerprint density at radius 2 is 2.08 bits per heavy atom. The van der Waals surface area contributed by atoms with Crippen LogP contribution in [-0.4, -0.2) is 28.8 Å². The Labute approximate surface area is 144 Å². The fourth-order valence-electron chi connectivity index (χ4n) is 5.57. The molecule has 5 unspecified atom stereocenters. The summed E-state index contributed by atoms with van der Waals surface area (Å²) in [4.78, 5) is 25.3. The predicted molar refractivity (Wildman–Crippen MR) is 84.1 cm³/mol. The average molecular weight is 344 g/mol. The molecule has 3 heterocycles. The molecular formula is C19H20O6. The SMILES string of the molecule is CC1CC2OC(=O)C3=C2C(O)(CCC3)C12CC(c1ccoc1)OC2=O. The first-order chi connectivity index (χ1) is 12.0. The highest BCUT2D eigenvalue weighted by Crippen LogP contribution is 2.64. The van der Waals surface area contributed by atoms with Crippen molar-refractivity contribution in [3.8, 4) is 0 Å². The molecule has 0 radical (unpaired) electrons. The number of ether oxygens (including phenoxy) is 2. The Morgan fingerprint density at radius 1 is 1.24 bits per heavy atom. The van der Waals surface area contributed by atoms with Crippen LogP contribution in [0.2, 0.25) is 0 Å². The third-order valence-electron chi connectivity index (χ3n) is 6.74. The number of carbonyl (C=O) groups is 2. The highest BCUT2D eigenvalue weighted by atomic mass is 16.6. The third-order valence-corrected chi connectivity index (χ3v) is 6.74. The maximum absolute atomic E-state index is 13.1. The molecule has 1 aromatic rings. The van der Waals surface area contributed by atoms with Crippen molar-refractivity contribution in [1.29, 1.82) is 0 Å². The molecule has 2 aliphatic heterocycles. The molecule has 0 amide bonds. The molecule has 2 aliphatic carbocycles. The quantitative estimate of drug-likeness (QED) is 0.788. The molecule has 0 aromatic carbocycles. The average Bonchev–Trinajstić information content (AvgIpc) is 3.26. The minimum atomic E-state index is -1.37. The van der Waals surface area contributed by atoms with Crippen LogP contribution in [0.5, 0.6) is 0 Å². The first kappa shape index (κ1) is 15.2. The van der Waals surface area contributed by atoms with E-state index in [2.05, 4.69) is 0 Å². The topological polar surface area (TPSA) is 86.0 Å². The van der Waals surface area contributed by atoms with Gasteiger partial charge in [-0.2, -0.15) is 0 Å². The lowest BCUT2D eigenvalue weighted by Gasteiger charge is -2.53. The first-order valence-electron chi connectivity index (χ1n) is 8.87. The van der Waals surface area contributed by atoms with Gasteiger partial charge in [0, 0.05) is 23.1 Å². The second-order valence-electron chi connectivity index (χ2n) is 7.76. The van der Waals surface area contributed by atoms with Gasteiger partial charge in [-0.25, -0.2) is 4.79 Å². The van der Waals surface area contributed by atoms with Gasteiger partial charge in [-0.1, -0.05) is 6.92 Å². The van der Waals surface area contributed by atoms with Gasteiger partial charge in [0.15, 0.2) is 0 Å². The van der Waals surface area contributed by atoms with Crippen molar-refractivity contribution in [2.45, 2.75) is 56.8 Å². The number of fused-ring (bicyclic) bond motifs is 1. The number of hydrogen-bond donors (Lipinski definition) is 1. The van der Waals surface area contributed by atoms with Crippen molar-refractivity contribution >= 4 is 11.9 Å². The molecule has 5 atom stereocenters. The Hall–Kier alpha value is -2.08. The predicted octanol–water partition coefficient (Wildman–Crippen LogP) is 2.43. The second kappa shape index (κ2) is 4.75. The smallest absolute Gasteiger partial charge is 0.334 e. The normalized spacial score (nSPS) is 42.6. The van der Waals surface area contributed by atoms with E-state index in [-0.39, 0.29) is 17.9 Å². The third kappa shape index (κ3) is 1.68. The first-order valence-corrected chi connectivity index (χ1v) is 8.87. The van der Waals surface area contributed by atoms with E-state index in [9.17, 15) is 14.7 Å². The lowest BCUT2D eigenvalue weighted by molar-refractivity contribution is -0.175. The van der Waals surface area contributed by atoms with Gasteiger partial charge >= 0.3 is 11.9 Å². The van der Waals surface area contributed by atoms with Gasteiger partial charge in [0.25, 0.3) is 0 Å². The van der Waals surface area contributed by atoms with Gasteiger partial charge in [0.05, 0.1) is 12.5 Å². The van der Waals surface area contributed by atoms with E-state index in [1.54, 1.807) is 18.6 Å². The van der Waals surface area contributed by atoms with Crippen molar-refractivity contribution in [3.05, 3.63) is 35.3 Å². The molecule has 6 heteroatoms. The molecule has 1 aromatic heterocycles. The molecule has 6 nitrogen and oxygen atoms in total. The van der Waals surface area contributed by atoms with Gasteiger partial charge in [-0.15, -0.1) is 0 Å². The van der Waals surface area contributed by atoms with Gasteiger partial charge < -0.3 is 19.0 Å². The summed E-state index contributed by atoms with van der Waals surface area (Å²) in [5.41, 5.74) is -0.395. The molecule has 4 aliphatic rings. The zero-order valence-electron chi connectivity index (χ0n) is 14.0. The number of hydrogen-bond acceptors (Lipinski definition) is 6. The van der Waals surface area contributed by atoms with Gasteiger partial charge in [0.2, 0.25) is 0 Å².